The van der Waals surface area contributed by atoms with Crippen LogP contribution in [0.15, 0.2) is 0 Å². The lowest BCUT2D eigenvalue weighted by Crippen LogP contribution is -3.09. The summed E-state index contributed by atoms with van der Waals surface area (Å²) in [7, 11) is 3.51. The quantitative estimate of drug-likeness (QED) is 0.385. The zero-order valence-electron chi connectivity index (χ0n) is 4.87. The van der Waals surface area contributed by atoms with Crippen LogP contribution in [0.25, 0.3) is 0 Å². The average Bonchev–Trinajstić information content (AvgIpc) is 1.65. The third-order valence-corrected chi connectivity index (χ3v) is 0.922. The van der Waals surface area contributed by atoms with Gasteiger partial charge in [0.1, 0.15) is 5.88 Å². The van der Waals surface area contributed by atoms with Crippen LogP contribution < -0.4 is 17.3 Å². The zero-order valence-corrected chi connectivity index (χ0v) is 6.38. The molecule has 0 aliphatic rings. The molecule has 0 aliphatic carbocycles. The molecule has 0 atom stereocenters. The Balaban J connectivity index is 0. The minimum Gasteiger partial charge on any atom is -1.00 e. The number of halogens is 2. The summed E-state index contributed by atoms with van der Waals surface area (Å²) in [4.78, 5) is 11.1. The average molecular weight is 158 g/mol. The fraction of sp³-hybridized carbons (Fsp3) is 0.750. The van der Waals surface area contributed by atoms with Gasteiger partial charge in [-0.15, -0.1) is 11.6 Å². The molecule has 0 radical (unpaired) electrons. The maximum absolute atomic E-state index is 10.3. The first kappa shape index (κ1) is 11.1. The van der Waals surface area contributed by atoms with Gasteiger partial charge in [0.15, 0.2) is 0 Å². The van der Waals surface area contributed by atoms with Gasteiger partial charge in [0.05, 0.1) is 14.1 Å². The Kier molecular flexibility index (Phi) is 7.40. The summed E-state index contributed by atoms with van der Waals surface area (Å²) >= 11 is 5.18. The normalized spacial score (nSPS) is 8.50. The lowest BCUT2D eigenvalue weighted by Gasteiger charge is -1.97. The van der Waals surface area contributed by atoms with E-state index in [9.17, 15) is 4.79 Å². The van der Waals surface area contributed by atoms with Crippen molar-refractivity contribution in [2.45, 2.75) is 0 Å². The minimum absolute atomic E-state index is 0. The first-order valence-electron chi connectivity index (χ1n) is 2.07. The maximum Gasteiger partial charge on any atom is 0.326 e. The summed E-state index contributed by atoms with van der Waals surface area (Å²) in [5.41, 5.74) is 0. The van der Waals surface area contributed by atoms with Crippen LogP contribution in [0.4, 0.5) is 0 Å². The first-order chi connectivity index (χ1) is 3.18. The van der Waals surface area contributed by atoms with E-state index in [1.807, 2.05) is 0 Å². The summed E-state index contributed by atoms with van der Waals surface area (Å²) in [6.45, 7) is 0. The second-order valence-electron chi connectivity index (χ2n) is 1.56. The van der Waals surface area contributed by atoms with Gasteiger partial charge in [-0.05, 0) is 0 Å². The summed E-state index contributed by atoms with van der Waals surface area (Å²) in [6.07, 6.45) is 0. The highest BCUT2D eigenvalue weighted by Gasteiger charge is 2.03. The predicted molar refractivity (Wildman–Crippen MR) is 28.5 cm³/mol. The summed E-state index contributed by atoms with van der Waals surface area (Å²) < 4.78 is 0. The van der Waals surface area contributed by atoms with Crippen molar-refractivity contribution in [3.63, 3.8) is 0 Å². The van der Waals surface area contributed by atoms with E-state index in [1.54, 1.807) is 14.1 Å². The second-order valence-corrected chi connectivity index (χ2v) is 1.82. The van der Waals surface area contributed by atoms with Crippen molar-refractivity contribution in [2.24, 2.45) is 0 Å². The van der Waals surface area contributed by atoms with Crippen molar-refractivity contribution in [3.8, 4) is 0 Å². The molecular formula is C4H9Cl2NO. The molecule has 0 saturated carbocycles. The number of quaternary nitrogens is 1. The molecule has 50 valence electrons. The second kappa shape index (κ2) is 5.35. The van der Waals surface area contributed by atoms with Gasteiger partial charge in [-0.2, -0.15) is 0 Å². The third kappa shape index (κ3) is 4.37. The Morgan fingerprint density at radius 3 is 2.00 bits per heavy atom. The summed E-state index contributed by atoms with van der Waals surface area (Å²) in [5.74, 6) is 0.143. The molecule has 1 amide bonds. The van der Waals surface area contributed by atoms with E-state index in [1.165, 1.54) is 0 Å². The Hall–Kier alpha value is 0.210. The van der Waals surface area contributed by atoms with Crippen LogP contribution in [-0.2, 0) is 4.79 Å². The molecule has 0 rings (SSSR count). The van der Waals surface area contributed by atoms with Crippen LogP contribution >= 0.6 is 11.6 Å². The molecule has 0 saturated heterocycles. The fourth-order valence-corrected chi connectivity index (χ4v) is 0.401. The Morgan fingerprint density at radius 1 is 1.62 bits per heavy atom. The van der Waals surface area contributed by atoms with Gasteiger partial charge in [-0.25, -0.2) is 4.79 Å². The van der Waals surface area contributed by atoms with E-state index < -0.39 is 0 Å². The molecule has 0 aromatic rings. The number of amides is 1. The monoisotopic (exact) mass is 157 g/mol. The van der Waals surface area contributed by atoms with Crippen LogP contribution in [-0.4, -0.2) is 25.9 Å². The van der Waals surface area contributed by atoms with Crippen molar-refractivity contribution in [2.75, 3.05) is 20.0 Å². The smallest absolute Gasteiger partial charge is 0.326 e. The van der Waals surface area contributed by atoms with Crippen LogP contribution in [0, 0.1) is 0 Å². The number of hydrogen-bond donors (Lipinski definition) is 1. The van der Waals surface area contributed by atoms with Gasteiger partial charge in [0, 0.05) is 0 Å². The molecule has 0 aromatic heterocycles. The Bertz CT molecular complexity index is 74.4. The van der Waals surface area contributed by atoms with Crippen molar-refractivity contribution >= 4 is 17.5 Å². The van der Waals surface area contributed by atoms with E-state index in [4.69, 9.17) is 11.6 Å². The number of carbonyl (C=O) groups is 1. The maximum atomic E-state index is 10.3. The van der Waals surface area contributed by atoms with Gasteiger partial charge in [-0.3, -0.25) is 4.90 Å². The van der Waals surface area contributed by atoms with Crippen molar-refractivity contribution < 1.29 is 22.1 Å². The predicted octanol–water partition coefficient (Wildman–Crippen LogP) is -4.10. The van der Waals surface area contributed by atoms with E-state index in [2.05, 4.69) is 0 Å². The number of alkyl halides is 1. The minimum atomic E-state index is 0. The van der Waals surface area contributed by atoms with E-state index in [0.717, 1.165) is 4.90 Å². The van der Waals surface area contributed by atoms with Gasteiger partial charge in [0.2, 0.25) is 0 Å². The molecule has 0 aliphatic heterocycles. The Labute approximate surface area is 60.2 Å². The van der Waals surface area contributed by atoms with Crippen LogP contribution in [0.3, 0.4) is 0 Å². The molecule has 0 heterocycles. The van der Waals surface area contributed by atoms with Crippen molar-refractivity contribution in [1.29, 1.82) is 0 Å². The fourth-order valence-electron chi connectivity index (χ4n) is 0.134. The summed E-state index contributed by atoms with van der Waals surface area (Å²) in [5, 5.41) is 0. The molecule has 8 heavy (non-hydrogen) atoms. The highest BCUT2D eigenvalue weighted by Crippen LogP contribution is 1.65. The number of rotatable bonds is 1. The molecule has 0 aromatic carbocycles. The summed E-state index contributed by atoms with van der Waals surface area (Å²) in [6, 6.07) is 0. The molecular weight excluding hydrogens is 149 g/mol. The van der Waals surface area contributed by atoms with Crippen molar-refractivity contribution in [1.82, 2.24) is 0 Å². The highest BCUT2D eigenvalue weighted by molar-refractivity contribution is 6.26. The van der Waals surface area contributed by atoms with Gasteiger partial charge in [0.25, 0.3) is 0 Å². The SMILES string of the molecule is C[NH+](C)C(=O)CCl.[Cl-]. The molecule has 0 bridgehead atoms. The van der Waals surface area contributed by atoms with E-state index in [0.29, 0.717) is 0 Å². The van der Waals surface area contributed by atoms with Crippen LogP contribution in [0.1, 0.15) is 0 Å². The molecule has 0 fully saturated rings. The number of carbonyl (C=O) groups excluding carboxylic acids is 1. The van der Waals surface area contributed by atoms with Gasteiger partial charge in [-0.1, -0.05) is 0 Å². The molecule has 2 nitrogen and oxygen atoms in total. The van der Waals surface area contributed by atoms with Gasteiger partial charge < -0.3 is 12.4 Å². The van der Waals surface area contributed by atoms with E-state index >= 15 is 0 Å². The van der Waals surface area contributed by atoms with E-state index in [-0.39, 0.29) is 24.2 Å². The third-order valence-electron chi connectivity index (χ3n) is 0.679. The standard InChI is InChI=1S/C4H8ClNO.ClH/c1-6(2)4(7)3-5;/h3H2,1-2H3;1H. The lowest BCUT2D eigenvalue weighted by atomic mass is 10.6. The number of hydrogen-bond acceptors (Lipinski definition) is 1. The molecule has 0 spiro atoms. The molecule has 1 N–H and O–H groups in total. The Morgan fingerprint density at radius 2 is 2.00 bits per heavy atom. The van der Waals surface area contributed by atoms with Crippen LogP contribution in [0.5, 0.6) is 0 Å². The van der Waals surface area contributed by atoms with Crippen molar-refractivity contribution in [3.05, 3.63) is 0 Å². The highest BCUT2D eigenvalue weighted by atomic mass is 35.5. The molecule has 4 heteroatoms. The topological polar surface area (TPSA) is 21.5 Å². The van der Waals surface area contributed by atoms with Gasteiger partial charge >= 0.3 is 5.91 Å². The van der Waals surface area contributed by atoms with Crippen LogP contribution in [0.2, 0.25) is 0 Å². The number of nitrogens with one attached hydrogen (secondary N) is 1. The largest absolute Gasteiger partial charge is 1.00 e. The first-order valence-corrected chi connectivity index (χ1v) is 2.61. The zero-order chi connectivity index (χ0) is 5.86. The molecule has 0 unspecified atom stereocenters. The lowest BCUT2D eigenvalue weighted by molar-refractivity contribution is -0.773.